The number of aromatic amines is 1. The van der Waals surface area contributed by atoms with Gasteiger partial charge in [0.2, 0.25) is 5.91 Å². The summed E-state index contributed by atoms with van der Waals surface area (Å²) >= 11 is 0. The van der Waals surface area contributed by atoms with E-state index in [-0.39, 0.29) is 5.91 Å². The molecule has 2 rings (SSSR count). The molecule has 1 amide bonds. The van der Waals surface area contributed by atoms with Crippen molar-refractivity contribution in [2.24, 2.45) is 0 Å². The van der Waals surface area contributed by atoms with E-state index in [4.69, 9.17) is 0 Å². The van der Waals surface area contributed by atoms with E-state index in [1.165, 1.54) is 63.5 Å². The highest BCUT2D eigenvalue weighted by atomic mass is 16.1. The van der Waals surface area contributed by atoms with Crippen molar-refractivity contribution in [3.63, 3.8) is 0 Å². The fourth-order valence-electron chi connectivity index (χ4n) is 2.96. The van der Waals surface area contributed by atoms with Gasteiger partial charge in [-0.25, -0.2) is 0 Å². The molecule has 126 valence electrons. The number of H-pyrrole nitrogens is 1. The largest absolute Gasteiger partial charge is 0.359 e. The van der Waals surface area contributed by atoms with Gasteiger partial charge in [0.1, 0.15) is 0 Å². The van der Waals surface area contributed by atoms with Gasteiger partial charge in [-0.05, 0) is 37.1 Å². The number of unbranched alkanes of at least 4 members (excludes halogenated alkanes) is 8. The summed E-state index contributed by atoms with van der Waals surface area (Å²) in [5, 5.41) is 2.79. The van der Waals surface area contributed by atoms with E-state index in [1.54, 1.807) is 6.08 Å². The highest BCUT2D eigenvalue weighted by Crippen LogP contribution is 2.13. The predicted octanol–water partition coefficient (Wildman–Crippen LogP) is 5.11. The van der Waals surface area contributed by atoms with Crippen LogP contribution in [0.5, 0.6) is 0 Å². The van der Waals surface area contributed by atoms with Crippen molar-refractivity contribution in [3.8, 4) is 0 Å². The van der Waals surface area contributed by atoms with E-state index in [0.717, 1.165) is 17.8 Å². The zero-order valence-corrected chi connectivity index (χ0v) is 14.4. The molecule has 0 unspecified atom stereocenters. The molecular formula is C20H30N2O. The normalized spacial score (nSPS) is 15.5. The summed E-state index contributed by atoms with van der Waals surface area (Å²) in [4.78, 5) is 14.5. The van der Waals surface area contributed by atoms with Gasteiger partial charge in [-0.1, -0.05) is 58.3 Å². The third-order valence-corrected chi connectivity index (χ3v) is 4.31. The second kappa shape index (κ2) is 10.1. The molecular weight excluding hydrogens is 284 g/mol. The SMILES string of the molecule is CCCCCCCCCCCc1ccc(/C=C2/C=CC(=O)N2)[nH]1. The molecule has 23 heavy (non-hydrogen) atoms. The minimum Gasteiger partial charge on any atom is -0.359 e. The Balaban J connectivity index is 1.57. The average Bonchev–Trinajstić information content (AvgIpc) is 3.15. The number of carbonyl (C=O) groups excluding carboxylic acids is 1. The van der Waals surface area contributed by atoms with E-state index in [1.807, 2.05) is 12.2 Å². The molecule has 2 heterocycles. The molecule has 0 aromatic carbocycles. The van der Waals surface area contributed by atoms with Gasteiger partial charge in [-0.3, -0.25) is 4.79 Å². The second-order valence-electron chi connectivity index (χ2n) is 6.44. The van der Waals surface area contributed by atoms with Crippen molar-refractivity contribution < 1.29 is 4.79 Å². The Morgan fingerprint density at radius 3 is 2.26 bits per heavy atom. The maximum Gasteiger partial charge on any atom is 0.248 e. The van der Waals surface area contributed by atoms with E-state index < -0.39 is 0 Å². The van der Waals surface area contributed by atoms with Gasteiger partial charge in [0.05, 0.1) is 0 Å². The third kappa shape index (κ3) is 6.89. The van der Waals surface area contributed by atoms with Gasteiger partial charge in [0.15, 0.2) is 0 Å². The number of nitrogens with one attached hydrogen (secondary N) is 2. The lowest BCUT2D eigenvalue weighted by Gasteiger charge is -2.01. The third-order valence-electron chi connectivity index (χ3n) is 4.31. The fourth-order valence-corrected chi connectivity index (χ4v) is 2.96. The van der Waals surface area contributed by atoms with E-state index in [2.05, 4.69) is 29.4 Å². The number of hydrogen-bond acceptors (Lipinski definition) is 1. The van der Waals surface area contributed by atoms with Crippen LogP contribution in [0.2, 0.25) is 0 Å². The quantitative estimate of drug-likeness (QED) is 0.547. The van der Waals surface area contributed by atoms with Crippen LogP contribution < -0.4 is 5.32 Å². The lowest BCUT2D eigenvalue weighted by Crippen LogP contribution is -2.12. The van der Waals surface area contributed by atoms with Gasteiger partial charge in [0, 0.05) is 23.2 Å². The number of aromatic nitrogens is 1. The van der Waals surface area contributed by atoms with Crippen molar-refractivity contribution in [1.29, 1.82) is 0 Å². The van der Waals surface area contributed by atoms with Crippen LogP contribution in [-0.4, -0.2) is 10.9 Å². The molecule has 0 bridgehead atoms. The number of amides is 1. The van der Waals surface area contributed by atoms with Gasteiger partial charge < -0.3 is 10.3 Å². The first-order chi connectivity index (χ1) is 11.3. The maximum atomic E-state index is 11.1. The summed E-state index contributed by atoms with van der Waals surface area (Å²) in [6.45, 7) is 2.27. The van der Waals surface area contributed by atoms with Crippen LogP contribution in [0, 0.1) is 0 Å². The summed E-state index contributed by atoms with van der Waals surface area (Å²) in [5.41, 5.74) is 3.19. The van der Waals surface area contributed by atoms with E-state index in [0.29, 0.717) is 0 Å². The van der Waals surface area contributed by atoms with E-state index in [9.17, 15) is 4.79 Å². The van der Waals surface area contributed by atoms with Crippen LogP contribution in [0.4, 0.5) is 0 Å². The standard InChI is InChI=1S/C20H30N2O/c1-2-3-4-5-6-7-8-9-10-11-17-12-13-18(21-17)16-19-14-15-20(23)22-19/h12-16,21H,2-11H2,1H3,(H,22,23)/b19-16-. The smallest absolute Gasteiger partial charge is 0.248 e. The van der Waals surface area contributed by atoms with Crippen LogP contribution >= 0.6 is 0 Å². The highest BCUT2D eigenvalue weighted by molar-refractivity contribution is 5.94. The molecule has 1 aromatic rings. The van der Waals surface area contributed by atoms with Gasteiger partial charge in [0.25, 0.3) is 0 Å². The maximum absolute atomic E-state index is 11.1. The number of hydrogen-bond donors (Lipinski definition) is 2. The molecule has 0 fully saturated rings. The van der Waals surface area contributed by atoms with Crippen LogP contribution in [0.1, 0.15) is 76.1 Å². The molecule has 0 radical (unpaired) electrons. The predicted molar refractivity (Wildman–Crippen MR) is 97.0 cm³/mol. The molecule has 0 atom stereocenters. The van der Waals surface area contributed by atoms with Crippen molar-refractivity contribution in [2.75, 3.05) is 0 Å². The molecule has 1 aliphatic rings. The monoisotopic (exact) mass is 314 g/mol. The second-order valence-corrected chi connectivity index (χ2v) is 6.44. The van der Waals surface area contributed by atoms with Crippen LogP contribution in [0.3, 0.4) is 0 Å². The summed E-state index contributed by atoms with van der Waals surface area (Å²) in [6.07, 6.45) is 18.7. The van der Waals surface area contributed by atoms with Crippen molar-refractivity contribution >= 4 is 12.0 Å². The Labute approximate surface area is 140 Å². The number of aryl methyl sites for hydroxylation is 1. The molecule has 1 aliphatic heterocycles. The van der Waals surface area contributed by atoms with Gasteiger partial charge in [-0.15, -0.1) is 0 Å². The number of carbonyl (C=O) groups is 1. The fraction of sp³-hybridized carbons (Fsp3) is 0.550. The molecule has 0 saturated heterocycles. The van der Waals surface area contributed by atoms with Gasteiger partial charge in [-0.2, -0.15) is 0 Å². The van der Waals surface area contributed by atoms with Gasteiger partial charge >= 0.3 is 0 Å². The molecule has 0 spiro atoms. The first-order valence-corrected chi connectivity index (χ1v) is 9.16. The van der Waals surface area contributed by atoms with Crippen molar-refractivity contribution in [3.05, 3.63) is 41.4 Å². The Bertz CT molecular complexity index is 540. The first kappa shape index (κ1) is 17.6. The summed E-state index contributed by atoms with van der Waals surface area (Å²) in [7, 11) is 0. The van der Waals surface area contributed by atoms with Crippen LogP contribution in [0.25, 0.3) is 6.08 Å². The zero-order chi connectivity index (χ0) is 16.3. The van der Waals surface area contributed by atoms with Crippen LogP contribution in [0.15, 0.2) is 30.0 Å². The topological polar surface area (TPSA) is 44.9 Å². The average molecular weight is 314 g/mol. The molecule has 0 aliphatic carbocycles. The molecule has 0 saturated carbocycles. The number of rotatable bonds is 11. The Morgan fingerprint density at radius 2 is 1.61 bits per heavy atom. The lowest BCUT2D eigenvalue weighted by molar-refractivity contribution is -0.115. The summed E-state index contributed by atoms with van der Waals surface area (Å²) < 4.78 is 0. The van der Waals surface area contributed by atoms with Crippen molar-refractivity contribution in [1.82, 2.24) is 10.3 Å². The minimum atomic E-state index is -0.0438. The van der Waals surface area contributed by atoms with Crippen molar-refractivity contribution in [2.45, 2.75) is 71.1 Å². The molecule has 1 aromatic heterocycles. The summed E-state index contributed by atoms with van der Waals surface area (Å²) in [5.74, 6) is -0.0438. The zero-order valence-electron chi connectivity index (χ0n) is 14.4. The minimum absolute atomic E-state index is 0.0438. The Kier molecular flexibility index (Phi) is 7.71. The molecule has 3 heteroatoms. The Morgan fingerprint density at radius 1 is 0.913 bits per heavy atom. The van der Waals surface area contributed by atoms with Crippen LogP contribution in [-0.2, 0) is 11.2 Å². The first-order valence-electron chi connectivity index (χ1n) is 9.16. The molecule has 3 nitrogen and oxygen atoms in total. The summed E-state index contributed by atoms with van der Waals surface area (Å²) in [6, 6.07) is 4.23. The highest BCUT2D eigenvalue weighted by Gasteiger charge is 2.06. The Hall–Kier alpha value is -1.77. The molecule has 2 N–H and O–H groups in total. The van der Waals surface area contributed by atoms with E-state index >= 15 is 0 Å². The number of allylic oxidation sites excluding steroid dienone is 1. The lowest BCUT2D eigenvalue weighted by atomic mass is 10.1.